The van der Waals surface area contributed by atoms with Crippen molar-refractivity contribution < 1.29 is 4.79 Å². The molecule has 0 aliphatic rings. The van der Waals surface area contributed by atoms with Crippen molar-refractivity contribution >= 4 is 17.1 Å². The molecular weight excluding hydrogens is 246 g/mol. The molecule has 4 nitrogen and oxygen atoms in total. The second kappa shape index (κ2) is 5.55. The Morgan fingerprint density at radius 1 is 1.39 bits per heavy atom. The molecule has 0 bridgehead atoms. The highest BCUT2D eigenvalue weighted by Crippen LogP contribution is 2.24. The summed E-state index contributed by atoms with van der Waals surface area (Å²) in [7, 11) is 3.75. The minimum Gasteiger partial charge on any atom is -0.383 e. The van der Waals surface area contributed by atoms with Gasteiger partial charge in [0.25, 0.3) is 0 Å². The van der Waals surface area contributed by atoms with Crippen molar-refractivity contribution in [1.82, 2.24) is 14.9 Å². The molecule has 2 heterocycles. The van der Waals surface area contributed by atoms with Crippen LogP contribution in [0, 0.1) is 0 Å². The maximum Gasteiger partial charge on any atom is 0.198 e. The Balaban J connectivity index is 2.19. The van der Waals surface area contributed by atoms with Crippen LogP contribution >= 0.6 is 11.3 Å². The van der Waals surface area contributed by atoms with E-state index in [2.05, 4.69) is 9.97 Å². The summed E-state index contributed by atoms with van der Waals surface area (Å²) in [5.41, 5.74) is 0.929. The smallest absolute Gasteiger partial charge is 0.198 e. The van der Waals surface area contributed by atoms with E-state index >= 15 is 0 Å². The van der Waals surface area contributed by atoms with E-state index in [4.69, 9.17) is 0 Å². The van der Waals surface area contributed by atoms with Gasteiger partial charge < -0.3 is 4.90 Å². The standard InChI is InChI=1S/C13H13N3OS/c1-16(2)7-5-11(17)12-9-15-13(18-12)10-4-3-6-14-8-10/h3-9H,1-2H3. The maximum atomic E-state index is 11.8. The first-order valence-corrected chi connectivity index (χ1v) is 6.23. The fourth-order valence-electron chi connectivity index (χ4n) is 1.31. The van der Waals surface area contributed by atoms with Gasteiger partial charge in [-0.05, 0) is 12.1 Å². The van der Waals surface area contributed by atoms with Crippen LogP contribution < -0.4 is 0 Å². The zero-order valence-corrected chi connectivity index (χ0v) is 11.0. The summed E-state index contributed by atoms with van der Waals surface area (Å²) in [6.07, 6.45) is 8.33. The van der Waals surface area contributed by atoms with Gasteiger partial charge in [0, 0.05) is 50.5 Å². The number of thiazole rings is 1. The van der Waals surface area contributed by atoms with Gasteiger partial charge in [0.15, 0.2) is 5.78 Å². The van der Waals surface area contributed by atoms with E-state index in [9.17, 15) is 4.79 Å². The Kier molecular flexibility index (Phi) is 3.84. The highest BCUT2D eigenvalue weighted by Gasteiger charge is 2.09. The van der Waals surface area contributed by atoms with Gasteiger partial charge in [0.05, 0.1) is 4.88 Å². The van der Waals surface area contributed by atoms with Crippen LogP contribution in [0.15, 0.2) is 43.0 Å². The molecule has 0 aliphatic carbocycles. The average molecular weight is 259 g/mol. The van der Waals surface area contributed by atoms with E-state index in [0.717, 1.165) is 10.6 Å². The monoisotopic (exact) mass is 259 g/mol. The van der Waals surface area contributed by atoms with Crippen molar-refractivity contribution in [3.63, 3.8) is 0 Å². The van der Waals surface area contributed by atoms with E-state index in [1.165, 1.54) is 11.3 Å². The zero-order valence-electron chi connectivity index (χ0n) is 10.2. The van der Waals surface area contributed by atoms with Crippen molar-refractivity contribution in [1.29, 1.82) is 0 Å². The molecule has 0 atom stereocenters. The summed E-state index contributed by atoms with van der Waals surface area (Å²) >= 11 is 1.38. The normalized spacial score (nSPS) is 10.8. The lowest BCUT2D eigenvalue weighted by atomic mass is 10.3. The molecule has 0 aromatic carbocycles. The number of aromatic nitrogens is 2. The van der Waals surface area contributed by atoms with Gasteiger partial charge in [-0.25, -0.2) is 4.98 Å². The minimum absolute atomic E-state index is 0.0312. The average Bonchev–Trinajstić information content (AvgIpc) is 2.86. The summed E-state index contributed by atoms with van der Waals surface area (Å²) in [5.74, 6) is -0.0312. The van der Waals surface area contributed by atoms with E-state index in [-0.39, 0.29) is 5.78 Å². The van der Waals surface area contributed by atoms with Crippen molar-refractivity contribution in [2.75, 3.05) is 14.1 Å². The van der Waals surface area contributed by atoms with Gasteiger partial charge in [-0.2, -0.15) is 0 Å². The SMILES string of the molecule is CN(C)C=CC(=O)c1cnc(-c2cccnc2)s1. The van der Waals surface area contributed by atoms with Gasteiger partial charge in [0.1, 0.15) is 5.01 Å². The van der Waals surface area contributed by atoms with Crippen LogP contribution in [-0.2, 0) is 0 Å². The first-order chi connectivity index (χ1) is 8.66. The number of carbonyl (C=O) groups excluding carboxylic acids is 1. The fourth-order valence-corrected chi connectivity index (χ4v) is 2.14. The Morgan fingerprint density at radius 3 is 2.89 bits per heavy atom. The fraction of sp³-hybridized carbons (Fsp3) is 0.154. The molecule has 0 radical (unpaired) electrons. The maximum absolute atomic E-state index is 11.8. The van der Waals surface area contributed by atoms with E-state index < -0.39 is 0 Å². The first kappa shape index (κ1) is 12.4. The van der Waals surface area contributed by atoms with Gasteiger partial charge in [-0.3, -0.25) is 9.78 Å². The van der Waals surface area contributed by atoms with Crippen LogP contribution in [0.5, 0.6) is 0 Å². The largest absolute Gasteiger partial charge is 0.383 e. The quantitative estimate of drug-likeness (QED) is 0.625. The van der Waals surface area contributed by atoms with E-state index in [0.29, 0.717) is 4.88 Å². The summed E-state index contributed by atoms with van der Waals surface area (Å²) in [5, 5.41) is 0.810. The predicted octanol–water partition coefficient (Wildman–Crippen LogP) is 2.46. The Hall–Kier alpha value is -2.01. The van der Waals surface area contributed by atoms with Crippen LogP contribution in [0.3, 0.4) is 0 Å². The second-order valence-electron chi connectivity index (χ2n) is 3.91. The summed E-state index contributed by atoms with van der Waals surface area (Å²) < 4.78 is 0. The van der Waals surface area contributed by atoms with E-state index in [1.54, 1.807) is 30.9 Å². The van der Waals surface area contributed by atoms with Crippen LogP contribution in [0.4, 0.5) is 0 Å². The summed E-state index contributed by atoms with van der Waals surface area (Å²) in [6, 6.07) is 3.78. The van der Waals surface area contributed by atoms with Gasteiger partial charge in [0.2, 0.25) is 0 Å². The molecule has 92 valence electrons. The minimum atomic E-state index is -0.0312. The van der Waals surface area contributed by atoms with Gasteiger partial charge in [-0.1, -0.05) is 0 Å². The van der Waals surface area contributed by atoms with Gasteiger partial charge in [-0.15, -0.1) is 11.3 Å². The molecule has 0 saturated carbocycles. The zero-order chi connectivity index (χ0) is 13.0. The number of ketones is 1. The molecule has 2 aromatic rings. The molecule has 0 unspecified atom stereocenters. The molecule has 2 aromatic heterocycles. The molecule has 0 fully saturated rings. The lowest BCUT2D eigenvalue weighted by Crippen LogP contribution is -2.02. The molecule has 0 N–H and O–H groups in total. The number of pyridine rings is 1. The Morgan fingerprint density at radius 2 is 2.22 bits per heavy atom. The Labute approximate surface area is 110 Å². The number of hydrogen-bond donors (Lipinski definition) is 0. The van der Waals surface area contributed by atoms with Crippen LogP contribution in [0.2, 0.25) is 0 Å². The first-order valence-electron chi connectivity index (χ1n) is 5.42. The number of hydrogen-bond acceptors (Lipinski definition) is 5. The molecule has 5 heteroatoms. The second-order valence-corrected chi connectivity index (χ2v) is 4.95. The number of carbonyl (C=O) groups is 1. The lowest BCUT2D eigenvalue weighted by molar-refractivity contribution is 0.104. The van der Waals surface area contributed by atoms with Crippen molar-refractivity contribution in [2.45, 2.75) is 0 Å². The third-order valence-corrected chi connectivity index (χ3v) is 3.24. The highest BCUT2D eigenvalue weighted by molar-refractivity contribution is 7.17. The number of nitrogens with zero attached hydrogens (tertiary/aromatic N) is 3. The van der Waals surface area contributed by atoms with Crippen molar-refractivity contribution in [3.8, 4) is 10.6 Å². The third-order valence-electron chi connectivity index (χ3n) is 2.18. The van der Waals surface area contributed by atoms with Crippen LogP contribution in [0.1, 0.15) is 9.67 Å². The predicted molar refractivity (Wildman–Crippen MR) is 72.5 cm³/mol. The molecule has 18 heavy (non-hydrogen) atoms. The van der Waals surface area contributed by atoms with Crippen molar-refractivity contribution in [3.05, 3.63) is 47.9 Å². The van der Waals surface area contributed by atoms with Gasteiger partial charge >= 0.3 is 0 Å². The molecule has 0 saturated heterocycles. The van der Waals surface area contributed by atoms with Crippen LogP contribution in [0.25, 0.3) is 10.6 Å². The molecule has 0 aliphatic heterocycles. The highest BCUT2D eigenvalue weighted by atomic mass is 32.1. The van der Waals surface area contributed by atoms with Crippen LogP contribution in [-0.4, -0.2) is 34.7 Å². The topological polar surface area (TPSA) is 46.1 Å². The van der Waals surface area contributed by atoms with Crippen molar-refractivity contribution in [2.24, 2.45) is 0 Å². The van der Waals surface area contributed by atoms with E-state index in [1.807, 2.05) is 31.1 Å². The Bertz CT molecular complexity index is 561. The third kappa shape index (κ3) is 3.01. The molecule has 2 rings (SSSR count). The summed E-state index contributed by atoms with van der Waals surface area (Å²) in [6.45, 7) is 0. The molecule has 0 amide bonds. The lowest BCUT2D eigenvalue weighted by Gasteiger charge is -2.01. The molecule has 0 spiro atoms. The summed E-state index contributed by atoms with van der Waals surface area (Å²) in [4.78, 5) is 22.6. The number of allylic oxidation sites excluding steroid dienone is 1. The number of rotatable bonds is 4. The molecular formula is C13H13N3OS.